The number of nitrogens with zero attached hydrogens (tertiary/aromatic N) is 1. The number of methoxy groups -OCH3 is 2. The van der Waals surface area contributed by atoms with E-state index in [9.17, 15) is 14.7 Å². The lowest BCUT2D eigenvalue weighted by atomic mass is 10.1. The van der Waals surface area contributed by atoms with Gasteiger partial charge >= 0.3 is 5.97 Å². The van der Waals surface area contributed by atoms with Gasteiger partial charge < -0.3 is 14.6 Å². The molecule has 2 aromatic carbocycles. The number of phenols is 1. The standard InChI is InChI=1S/C19H14BrNO5S2/c1-25-14-8-10(7-13(20)16(14)22)9-15-17(23)21(19(27)28-15)12-5-3-11(4-6-12)18(24)26-2/h3-9,22H,1-2H3. The average Bonchev–Trinajstić information content (AvgIpc) is 2.97. The molecule has 0 spiro atoms. The topological polar surface area (TPSA) is 76.1 Å². The summed E-state index contributed by atoms with van der Waals surface area (Å²) < 4.78 is 10.6. The summed E-state index contributed by atoms with van der Waals surface area (Å²) in [6.07, 6.45) is 1.68. The summed E-state index contributed by atoms with van der Waals surface area (Å²) in [4.78, 5) is 26.3. The second-order valence-electron chi connectivity index (χ2n) is 5.61. The number of aromatic hydroxyl groups is 1. The summed E-state index contributed by atoms with van der Waals surface area (Å²) in [5, 5.41) is 9.92. The minimum atomic E-state index is -0.455. The van der Waals surface area contributed by atoms with Crippen molar-refractivity contribution in [1.82, 2.24) is 0 Å². The molecule has 1 heterocycles. The van der Waals surface area contributed by atoms with Crippen LogP contribution >= 0.6 is 39.9 Å². The van der Waals surface area contributed by atoms with Gasteiger partial charge in [0.2, 0.25) is 0 Å². The van der Waals surface area contributed by atoms with Crippen LogP contribution in [0.3, 0.4) is 0 Å². The van der Waals surface area contributed by atoms with E-state index in [-0.39, 0.29) is 17.4 Å². The second-order valence-corrected chi connectivity index (χ2v) is 8.14. The van der Waals surface area contributed by atoms with E-state index in [0.717, 1.165) is 0 Å². The van der Waals surface area contributed by atoms with Gasteiger partial charge in [0.1, 0.15) is 0 Å². The van der Waals surface area contributed by atoms with Crippen LogP contribution in [0.25, 0.3) is 6.08 Å². The van der Waals surface area contributed by atoms with Crippen molar-refractivity contribution in [3.63, 3.8) is 0 Å². The van der Waals surface area contributed by atoms with Gasteiger partial charge in [-0.15, -0.1) is 0 Å². The normalized spacial score (nSPS) is 15.2. The number of thiocarbonyl (C=S) groups is 1. The zero-order valence-electron chi connectivity index (χ0n) is 14.8. The summed E-state index contributed by atoms with van der Waals surface area (Å²) in [6, 6.07) is 9.73. The van der Waals surface area contributed by atoms with Crippen molar-refractivity contribution >= 4 is 67.9 Å². The lowest BCUT2D eigenvalue weighted by molar-refractivity contribution is -0.113. The van der Waals surface area contributed by atoms with Crippen LogP contribution in [0.2, 0.25) is 0 Å². The van der Waals surface area contributed by atoms with E-state index in [1.54, 1.807) is 42.5 Å². The number of carbonyl (C=O) groups is 2. The quantitative estimate of drug-likeness (QED) is 0.396. The summed E-state index contributed by atoms with van der Waals surface area (Å²) in [6.45, 7) is 0. The number of halogens is 1. The van der Waals surface area contributed by atoms with E-state index >= 15 is 0 Å². The van der Waals surface area contributed by atoms with E-state index in [1.165, 1.54) is 30.9 Å². The minimum absolute atomic E-state index is 0.0158. The lowest BCUT2D eigenvalue weighted by Gasteiger charge is -2.14. The van der Waals surface area contributed by atoms with E-state index in [1.807, 2.05) is 0 Å². The molecule has 1 fully saturated rings. The van der Waals surface area contributed by atoms with Gasteiger partial charge in [0.05, 0.1) is 34.8 Å². The third kappa shape index (κ3) is 3.91. The smallest absolute Gasteiger partial charge is 0.337 e. The Hall–Kier alpha value is -2.36. The van der Waals surface area contributed by atoms with Gasteiger partial charge in [-0.3, -0.25) is 9.69 Å². The largest absolute Gasteiger partial charge is 0.503 e. The first-order valence-corrected chi connectivity index (χ1v) is 9.90. The molecule has 1 aliphatic rings. The molecule has 0 aromatic heterocycles. The van der Waals surface area contributed by atoms with E-state index in [4.69, 9.17) is 17.0 Å². The van der Waals surface area contributed by atoms with Crippen molar-refractivity contribution in [1.29, 1.82) is 0 Å². The fraction of sp³-hybridized carbons (Fsp3) is 0.105. The Morgan fingerprint density at radius 3 is 2.54 bits per heavy atom. The molecule has 0 radical (unpaired) electrons. The van der Waals surface area contributed by atoms with Gasteiger partial charge in [0, 0.05) is 0 Å². The number of hydrogen-bond acceptors (Lipinski definition) is 7. The second kappa shape index (κ2) is 8.34. The highest BCUT2D eigenvalue weighted by molar-refractivity contribution is 9.10. The molecule has 1 aliphatic heterocycles. The highest BCUT2D eigenvalue weighted by Crippen LogP contribution is 2.39. The molecule has 0 aliphatic carbocycles. The van der Waals surface area contributed by atoms with Crippen molar-refractivity contribution in [3.05, 3.63) is 56.9 Å². The fourth-order valence-corrected chi connectivity index (χ4v) is 4.30. The van der Waals surface area contributed by atoms with Gasteiger partial charge in [-0.1, -0.05) is 24.0 Å². The van der Waals surface area contributed by atoms with Crippen molar-refractivity contribution in [2.24, 2.45) is 0 Å². The zero-order chi connectivity index (χ0) is 20.4. The number of ether oxygens (including phenoxy) is 2. The Morgan fingerprint density at radius 2 is 1.93 bits per heavy atom. The third-order valence-corrected chi connectivity index (χ3v) is 5.82. The van der Waals surface area contributed by atoms with Crippen molar-refractivity contribution < 1.29 is 24.2 Å². The summed E-state index contributed by atoms with van der Waals surface area (Å²) >= 11 is 9.79. The van der Waals surface area contributed by atoms with Crippen LogP contribution in [0.4, 0.5) is 5.69 Å². The fourth-order valence-electron chi connectivity index (χ4n) is 2.54. The molecule has 28 heavy (non-hydrogen) atoms. The molecule has 1 amide bonds. The predicted octanol–water partition coefficient (Wildman–Crippen LogP) is 4.36. The number of thioether (sulfide) groups is 1. The number of rotatable bonds is 4. The molecule has 2 aromatic rings. The molecule has 144 valence electrons. The van der Waals surface area contributed by atoms with E-state index in [2.05, 4.69) is 20.7 Å². The van der Waals surface area contributed by atoms with Crippen LogP contribution in [-0.2, 0) is 9.53 Å². The maximum Gasteiger partial charge on any atom is 0.337 e. The number of hydrogen-bond donors (Lipinski definition) is 1. The Bertz CT molecular complexity index is 1000. The predicted molar refractivity (Wildman–Crippen MR) is 116 cm³/mol. The molecule has 0 atom stereocenters. The molecule has 3 rings (SSSR count). The minimum Gasteiger partial charge on any atom is -0.503 e. The molecule has 1 N–H and O–H groups in total. The van der Waals surface area contributed by atoms with Crippen LogP contribution < -0.4 is 9.64 Å². The van der Waals surface area contributed by atoms with E-state index in [0.29, 0.717) is 30.5 Å². The van der Waals surface area contributed by atoms with Crippen LogP contribution in [-0.4, -0.2) is 35.5 Å². The summed E-state index contributed by atoms with van der Waals surface area (Å²) in [5.74, 6) is -0.458. The maximum absolute atomic E-state index is 12.9. The highest BCUT2D eigenvalue weighted by atomic mass is 79.9. The van der Waals surface area contributed by atoms with Crippen LogP contribution in [0.1, 0.15) is 15.9 Å². The molecular weight excluding hydrogens is 466 g/mol. The summed E-state index contributed by atoms with van der Waals surface area (Å²) in [7, 11) is 2.75. The number of esters is 1. The zero-order valence-corrected chi connectivity index (χ0v) is 18.0. The van der Waals surface area contributed by atoms with Gasteiger partial charge in [0.15, 0.2) is 15.8 Å². The Kier molecular flexibility index (Phi) is 6.07. The molecule has 6 nitrogen and oxygen atoms in total. The van der Waals surface area contributed by atoms with Gasteiger partial charge in [0.25, 0.3) is 5.91 Å². The SMILES string of the molecule is COC(=O)c1ccc(N2C(=O)C(=Cc3cc(Br)c(O)c(OC)c3)SC2=S)cc1. The lowest BCUT2D eigenvalue weighted by Crippen LogP contribution is -2.27. The summed E-state index contributed by atoms with van der Waals surface area (Å²) in [5.41, 5.74) is 1.61. The average molecular weight is 480 g/mol. The van der Waals surface area contributed by atoms with Gasteiger partial charge in [-0.05, 0) is 64.0 Å². The number of anilines is 1. The van der Waals surface area contributed by atoms with E-state index < -0.39 is 5.97 Å². The Balaban J connectivity index is 1.91. The first-order chi connectivity index (χ1) is 13.3. The number of phenolic OH excluding ortho intramolecular Hbond substituents is 1. The number of amides is 1. The highest BCUT2D eigenvalue weighted by Gasteiger charge is 2.33. The molecule has 0 saturated carbocycles. The Labute approximate surface area is 179 Å². The first-order valence-electron chi connectivity index (χ1n) is 7.88. The van der Waals surface area contributed by atoms with Gasteiger partial charge in [-0.2, -0.15) is 0 Å². The maximum atomic E-state index is 12.9. The van der Waals surface area contributed by atoms with Gasteiger partial charge in [-0.25, -0.2) is 4.79 Å². The van der Waals surface area contributed by atoms with Crippen molar-refractivity contribution in [2.75, 3.05) is 19.1 Å². The van der Waals surface area contributed by atoms with Crippen molar-refractivity contribution in [3.8, 4) is 11.5 Å². The van der Waals surface area contributed by atoms with Crippen molar-refractivity contribution in [2.45, 2.75) is 0 Å². The molecular formula is C19H14BrNO5S2. The Morgan fingerprint density at radius 1 is 1.25 bits per heavy atom. The van der Waals surface area contributed by atoms with Crippen LogP contribution in [0, 0.1) is 0 Å². The van der Waals surface area contributed by atoms with Crippen LogP contribution in [0.15, 0.2) is 45.8 Å². The molecule has 1 saturated heterocycles. The number of carbonyl (C=O) groups excluding carboxylic acids is 2. The van der Waals surface area contributed by atoms with Crippen LogP contribution in [0.5, 0.6) is 11.5 Å². The first kappa shape index (κ1) is 20.4. The number of benzene rings is 2. The third-order valence-electron chi connectivity index (χ3n) is 3.91. The molecule has 9 heteroatoms. The molecule has 0 unspecified atom stereocenters. The monoisotopic (exact) mass is 479 g/mol. The molecule has 0 bridgehead atoms.